The van der Waals surface area contributed by atoms with E-state index in [-0.39, 0.29) is 0 Å². The molecule has 0 N–H and O–H groups in total. The number of allylic oxidation sites excluding steroid dienone is 4. The predicted octanol–water partition coefficient (Wildman–Crippen LogP) is 2.60. The first kappa shape index (κ1) is 6.40. The first-order valence-corrected chi connectivity index (χ1v) is 3.21. The first-order valence-electron chi connectivity index (χ1n) is 3.21. The van der Waals surface area contributed by atoms with Crippen LogP contribution in [0.15, 0.2) is 23.2 Å². The lowest BCUT2D eigenvalue weighted by atomic mass is 10.1. The third kappa shape index (κ3) is 1.35. The van der Waals surface area contributed by atoms with Crippen molar-refractivity contribution < 1.29 is 4.74 Å². The zero-order valence-electron chi connectivity index (χ0n) is 6.19. The van der Waals surface area contributed by atoms with E-state index < -0.39 is 0 Å². The lowest BCUT2D eigenvalue weighted by Crippen LogP contribution is -1.95. The van der Waals surface area contributed by atoms with Crippen molar-refractivity contribution in [3.8, 4) is 0 Å². The smallest absolute Gasteiger partial charge is 0.0997 e. The van der Waals surface area contributed by atoms with E-state index in [0.29, 0.717) is 0 Å². The summed E-state index contributed by atoms with van der Waals surface area (Å²) in [5.74, 6) is 2.09. The standard InChI is InChI=1S/C8H12O/c1-6-4-5-7(2)9-8(6)3/h5H,4H2,1-3H3. The molecule has 1 rings (SSSR count). The quantitative estimate of drug-likeness (QED) is 0.482. The molecular formula is C8H12O. The molecular weight excluding hydrogens is 112 g/mol. The third-order valence-corrected chi connectivity index (χ3v) is 1.61. The molecule has 0 atom stereocenters. The maximum absolute atomic E-state index is 5.34. The Labute approximate surface area is 56.0 Å². The molecule has 0 aromatic carbocycles. The predicted molar refractivity (Wildman–Crippen MR) is 37.8 cm³/mol. The summed E-state index contributed by atoms with van der Waals surface area (Å²) < 4.78 is 5.34. The van der Waals surface area contributed by atoms with E-state index in [9.17, 15) is 0 Å². The Kier molecular flexibility index (Phi) is 1.60. The van der Waals surface area contributed by atoms with E-state index in [4.69, 9.17) is 4.74 Å². The summed E-state index contributed by atoms with van der Waals surface area (Å²) in [5, 5.41) is 0. The van der Waals surface area contributed by atoms with E-state index in [2.05, 4.69) is 13.0 Å². The number of hydrogen-bond acceptors (Lipinski definition) is 1. The Morgan fingerprint density at radius 2 is 2.00 bits per heavy atom. The van der Waals surface area contributed by atoms with E-state index in [1.165, 1.54) is 5.57 Å². The summed E-state index contributed by atoms with van der Waals surface area (Å²) in [6, 6.07) is 0. The molecule has 9 heavy (non-hydrogen) atoms. The average molecular weight is 124 g/mol. The summed E-state index contributed by atoms with van der Waals surface area (Å²) in [5.41, 5.74) is 1.33. The Morgan fingerprint density at radius 1 is 1.33 bits per heavy atom. The van der Waals surface area contributed by atoms with Gasteiger partial charge in [0.25, 0.3) is 0 Å². The molecule has 0 radical (unpaired) electrons. The molecule has 0 spiro atoms. The molecule has 0 unspecified atom stereocenters. The second kappa shape index (κ2) is 2.26. The molecule has 0 saturated carbocycles. The van der Waals surface area contributed by atoms with Crippen LogP contribution in [0.3, 0.4) is 0 Å². The third-order valence-electron chi connectivity index (χ3n) is 1.61. The molecule has 1 aliphatic rings. The number of ether oxygens (including phenoxy) is 1. The maximum Gasteiger partial charge on any atom is 0.0997 e. The minimum absolute atomic E-state index is 1.03. The second-order valence-electron chi connectivity index (χ2n) is 2.46. The molecule has 0 aromatic rings. The van der Waals surface area contributed by atoms with Crippen molar-refractivity contribution in [1.29, 1.82) is 0 Å². The van der Waals surface area contributed by atoms with Gasteiger partial charge in [0.05, 0.1) is 11.5 Å². The minimum Gasteiger partial charge on any atom is -0.467 e. The fourth-order valence-electron chi connectivity index (χ4n) is 0.811. The Hall–Kier alpha value is -0.720. The van der Waals surface area contributed by atoms with Gasteiger partial charge < -0.3 is 4.74 Å². The summed E-state index contributed by atoms with van der Waals surface area (Å²) in [6.45, 7) is 6.08. The first-order chi connectivity index (χ1) is 4.20. The molecule has 0 fully saturated rings. The normalized spacial score (nSPS) is 19.2. The van der Waals surface area contributed by atoms with Gasteiger partial charge in [-0.1, -0.05) is 0 Å². The van der Waals surface area contributed by atoms with Gasteiger partial charge in [-0.2, -0.15) is 0 Å². The van der Waals surface area contributed by atoms with Gasteiger partial charge in [-0.05, 0) is 38.8 Å². The molecule has 1 nitrogen and oxygen atoms in total. The largest absolute Gasteiger partial charge is 0.467 e. The Morgan fingerprint density at radius 3 is 2.44 bits per heavy atom. The van der Waals surface area contributed by atoms with Crippen LogP contribution in [0.5, 0.6) is 0 Å². The van der Waals surface area contributed by atoms with Crippen molar-refractivity contribution in [1.82, 2.24) is 0 Å². The summed E-state index contributed by atoms with van der Waals surface area (Å²) >= 11 is 0. The molecule has 0 amide bonds. The molecule has 0 aliphatic carbocycles. The summed E-state index contributed by atoms with van der Waals surface area (Å²) in [4.78, 5) is 0. The van der Waals surface area contributed by atoms with Crippen LogP contribution in [-0.4, -0.2) is 0 Å². The highest BCUT2D eigenvalue weighted by molar-refractivity contribution is 5.15. The van der Waals surface area contributed by atoms with Crippen molar-refractivity contribution >= 4 is 0 Å². The molecule has 1 heterocycles. The fourth-order valence-corrected chi connectivity index (χ4v) is 0.811. The molecule has 0 saturated heterocycles. The summed E-state index contributed by atoms with van der Waals surface area (Å²) in [7, 11) is 0. The average Bonchev–Trinajstić information content (AvgIpc) is 1.80. The van der Waals surface area contributed by atoms with Crippen molar-refractivity contribution in [3.05, 3.63) is 23.2 Å². The van der Waals surface area contributed by atoms with Crippen LogP contribution in [0.1, 0.15) is 27.2 Å². The van der Waals surface area contributed by atoms with Gasteiger partial charge in [0, 0.05) is 0 Å². The fraction of sp³-hybridized carbons (Fsp3) is 0.500. The van der Waals surface area contributed by atoms with Crippen molar-refractivity contribution in [2.75, 3.05) is 0 Å². The van der Waals surface area contributed by atoms with Crippen LogP contribution in [0.2, 0.25) is 0 Å². The number of rotatable bonds is 0. The zero-order chi connectivity index (χ0) is 6.85. The molecule has 1 heteroatoms. The van der Waals surface area contributed by atoms with Gasteiger partial charge in [-0.25, -0.2) is 0 Å². The summed E-state index contributed by atoms with van der Waals surface area (Å²) in [6.07, 6.45) is 3.15. The van der Waals surface area contributed by atoms with Crippen LogP contribution in [-0.2, 0) is 4.74 Å². The lowest BCUT2D eigenvalue weighted by molar-refractivity contribution is 0.294. The van der Waals surface area contributed by atoms with Crippen molar-refractivity contribution in [2.45, 2.75) is 27.2 Å². The lowest BCUT2D eigenvalue weighted by Gasteiger charge is -2.13. The Bertz CT molecular complexity index is 175. The van der Waals surface area contributed by atoms with E-state index >= 15 is 0 Å². The van der Waals surface area contributed by atoms with E-state index in [0.717, 1.165) is 17.9 Å². The molecule has 0 aromatic heterocycles. The monoisotopic (exact) mass is 124 g/mol. The highest BCUT2D eigenvalue weighted by Crippen LogP contribution is 2.19. The maximum atomic E-state index is 5.34. The van der Waals surface area contributed by atoms with Crippen LogP contribution in [0, 0.1) is 0 Å². The number of hydrogen-bond donors (Lipinski definition) is 0. The van der Waals surface area contributed by atoms with Crippen LogP contribution in [0.25, 0.3) is 0 Å². The van der Waals surface area contributed by atoms with Gasteiger partial charge in [0.1, 0.15) is 0 Å². The van der Waals surface area contributed by atoms with Gasteiger partial charge in [0.2, 0.25) is 0 Å². The molecule has 50 valence electrons. The van der Waals surface area contributed by atoms with Crippen molar-refractivity contribution in [3.63, 3.8) is 0 Å². The van der Waals surface area contributed by atoms with Crippen LogP contribution < -0.4 is 0 Å². The Balaban J connectivity index is 2.70. The highest BCUT2D eigenvalue weighted by Gasteiger charge is 2.03. The van der Waals surface area contributed by atoms with Crippen molar-refractivity contribution in [2.24, 2.45) is 0 Å². The van der Waals surface area contributed by atoms with Gasteiger partial charge >= 0.3 is 0 Å². The van der Waals surface area contributed by atoms with E-state index in [1.807, 2.05) is 13.8 Å². The zero-order valence-corrected chi connectivity index (χ0v) is 6.19. The second-order valence-corrected chi connectivity index (χ2v) is 2.46. The topological polar surface area (TPSA) is 9.23 Å². The van der Waals surface area contributed by atoms with Crippen LogP contribution >= 0.6 is 0 Å². The van der Waals surface area contributed by atoms with Crippen LogP contribution in [0.4, 0.5) is 0 Å². The van der Waals surface area contributed by atoms with E-state index in [1.54, 1.807) is 0 Å². The van der Waals surface area contributed by atoms with Gasteiger partial charge in [0.15, 0.2) is 0 Å². The molecule has 1 aliphatic heterocycles. The SMILES string of the molecule is CC1=CCC(C)=C(C)O1. The van der Waals surface area contributed by atoms with Gasteiger partial charge in [-0.3, -0.25) is 0 Å². The van der Waals surface area contributed by atoms with Gasteiger partial charge in [-0.15, -0.1) is 0 Å². The molecule has 0 bridgehead atoms. The highest BCUT2D eigenvalue weighted by atomic mass is 16.5. The minimum atomic E-state index is 1.03.